The number of hydrogen-bond donors (Lipinski definition) is 3. The second-order valence-electron chi connectivity index (χ2n) is 9.39. The van der Waals surface area contributed by atoms with Crippen molar-refractivity contribution in [1.82, 2.24) is 5.32 Å². The SMILES string of the molecule is CSc1ccc(CC(C)(C)NC[C@@H](O)COCc2cccc3c2O[C@@H]2[C@@H](C(=O)O)[C@H]32)cc1Cl. The Balaban J connectivity index is 1.23. The number of aliphatic hydroxyl groups is 1. The largest absolute Gasteiger partial charge is 0.488 e. The van der Waals surface area contributed by atoms with Crippen LogP contribution in [0.25, 0.3) is 0 Å². The molecule has 6 nitrogen and oxygen atoms in total. The molecule has 1 fully saturated rings. The molecular formula is C25H30ClNO5S. The van der Waals surface area contributed by atoms with Crippen LogP contribution in [0.3, 0.4) is 0 Å². The monoisotopic (exact) mass is 491 g/mol. The Hall–Kier alpha value is -1.77. The molecule has 1 heterocycles. The van der Waals surface area contributed by atoms with Gasteiger partial charge >= 0.3 is 5.97 Å². The van der Waals surface area contributed by atoms with Gasteiger partial charge in [-0.2, -0.15) is 0 Å². The van der Waals surface area contributed by atoms with Crippen LogP contribution >= 0.6 is 23.4 Å². The van der Waals surface area contributed by atoms with Crippen LogP contribution in [-0.4, -0.2) is 53.3 Å². The van der Waals surface area contributed by atoms with Crippen LogP contribution in [0.15, 0.2) is 41.3 Å². The van der Waals surface area contributed by atoms with Gasteiger partial charge in [0.15, 0.2) is 0 Å². The predicted octanol–water partition coefficient (Wildman–Crippen LogP) is 4.11. The van der Waals surface area contributed by atoms with E-state index in [0.29, 0.717) is 13.2 Å². The van der Waals surface area contributed by atoms with Gasteiger partial charge in [0, 0.05) is 34.0 Å². The molecule has 4 atom stereocenters. The Morgan fingerprint density at radius 2 is 2.12 bits per heavy atom. The summed E-state index contributed by atoms with van der Waals surface area (Å²) in [7, 11) is 0. The normalized spacial score (nSPS) is 21.8. The van der Waals surface area contributed by atoms with E-state index in [1.807, 2.05) is 36.6 Å². The van der Waals surface area contributed by atoms with Gasteiger partial charge in [0.2, 0.25) is 0 Å². The summed E-state index contributed by atoms with van der Waals surface area (Å²) in [4.78, 5) is 12.3. The highest BCUT2D eigenvalue weighted by molar-refractivity contribution is 7.98. The first kappa shape index (κ1) is 24.4. The van der Waals surface area contributed by atoms with E-state index >= 15 is 0 Å². The fraction of sp³-hybridized carbons (Fsp3) is 0.480. The number of benzene rings is 2. The van der Waals surface area contributed by atoms with Crippen molar-refractivity contribution < 1.29 is 24.5 Å². The average Bonchev–Trinajstić information content (AvgIpc) is 3.35. The molecule has 2 aromatic rings. The second-order valence-corrected chi connectivity index (χ2v) is 10.6. The number of fused-ring (bicyclic) bond motifs is 3. The molecule has 33 heavy (non-hydrogen) atoms. The first-order valence-electron chi connectivity index (χ1n) is 11.0. The second kappa shape index (κ2) is 9.84. The maximum Gasteiger partial charge on any atom is 0.311 e. The van der Waals surface area contributed by atoms with Crippen LogP contribution in [0.4, 0.5) is 0 Å². The summed E-state index contributed by atoms with van der Waals surface area (Å²) in [6.07, 6.45) is 1.87. The summed E-state index contributed by atoms with van der Waals surface area (Å²) >= 11 is 7.95. The first-order valence-corrected chi connectivity index (χ1v) is 12.6. The number of aliphatic hydroxyl groups excluding tert-OH is 1. The zero-order valence-electron chi connectivity index (χ0n) is 19.0. The quantitative estimate of drug-likeness (QED) is 0.408. The van der Waals surface area contributed by atoms with Crippen molar-refractivity contribution in [3.8, 4) is 5.75 Å². The van der Waals surface area contributed by atoms with Crippen LogP contribution in [0.2, 0.25) is 5.02 Å². The standard InChI is InChI=1S/C25H30ClNO5S/c1-25(2,10-14-7-8-19(33-3)18(26)9-14)27-11-16(28)13-31-12-15-5-4-6-17-20-21(24(29)30)23(20)32-22(15)17/h4-9,16,20-21,23,27-28H,10-13H2,1-3H3,(H,29,30)/t16-,20+,21+,23+/m1/s1. The van der Waals surface area contributed by atoms with Gasteiger partial charge in [0.1, 0.15) is 17.8 Å². The number of nitrogens with one attached hydrogen (secondary N) is 1. The van der Waals surface area contributed by atoms with Gasteiger partial charge < -0.3 is 25.0 Å². The van der Waals surface area contributed by atoms with Gasteiger partial charge in [0.25, 0.3) is 0 Å². The maximum absolute atomic E-state index is 11.2. The molecule has 0 radical (unpaired) electrons. The molecule has 2 aliphatic rings. The maximum atomic E-state index is 11.2. The summed E-state index contributed by atoms with van der Waals surface area (Å²) in [5.41, 5.74) is 2.75. The van der Waals surface area contributed by atoms with Crippen molar-refractivity contribution >= 4 is 29.3 Å². The van der Waals surface area contributed by atoms with E-state index < -0.39 is 18.0 Å². The lowest BCUT2D eigenvalue weighted by atomic mass is 9.94. The summed E-state index contributed by atoms with van der Waals surface area (Å²) in [5.74, 6) is -0.563. The van der Waals surface area contributed by atoms with Gasteiger partial charge in [-0.15, -0.1) is 11.8 Å². The molecule has 0 aromatic heterocycles. The van der Waals surface area contributed by atoms with Crippen molar-refractivity contribution in [2.75, 3.05) is 19.4 Å². The van der Waals surface area contributed by atoms with Crippen LogP contribution in [0, 0.1) is 5.92 Å². The molecule has 1 aliphatic carbocycles. The lowest BCUT2D eigenvalue weighted by molar-refractivity contribution is -0.139. The van der Waals surface area contributed by atoms with E-state index in [2.05, 4.69) is 25.2 Å². The molecule has 3 N–H and O–H groups in total. The van der Waals surface area contributed by atoms with Crippen molar-refractivity contribution in [2.24, 2.45) is 5.92 Å². The van der Waals surface area contributed by atoms with E-state index in [-0.39, 0.29) is 24.2 Å². The molecule has 0 amide bonds. The Kier molecular flexibility index (Phi) is 7.26. The highest BCUT2D eigenvalue weighted by atomic mass is 35.5. The number of β-amino-alcohol motifs (C(OH)–C–C–N with tert-alkyl or cyclic N) is 1. The molecule has 4 rings (SSSR count). The van der Waals surface area contributed by atoms with Crippen molar-refractivity contribution in [3.63, 3.8) is 0 Å². The number of aliphatic carboxylic acids is 1. The molecular weight excluding hydrogens is 462 g/mol. The van der Waals surface area contributed by atoms with E-state index in [1.54, 1.807) is 11.8 Å². The predicted molar refractivity (Wildman–Crippen MR) is 129 cm³/mol. The number of ether oxygens (including phenoxy) is 2. The number of halogens is 1. The first-order chi connectivity index (χ1) is 15.7. The van der Waals surface area contributed by atoms with Crippen molar-refractivity contribution in [1.29, 1.82) is 0 Å². The van der Waals surface area contributed by atoms with Gasteiger partial charge in [-0.1, -0.05) is 35.9 Å². The number of carboxylic acid groups (broad SMARTS) is 1. The summed E-state index contributed by atoms with van der Waals surface area (Å²) in [6.45, 7) is 5.08. The average molecular weight is 492 g/mol. The molecule has 0 saturated heterocycles. The van der Waals surface area contributed by atoms with Gasteiger partial charge in [-0.3, -0.25) is 4.79 Å². The van der Waals surface area contributed by atoms with Crippen LogP contribution < -0.4 is 10.1 Å². The number of rotatable bonds is 11. The lowest BCUT2D eigenvalue weighted by Crippen LogP contribution is -2.46. The van der Waals surface area contributed by atoms with Crippen LogP contribution in [0.1, 0.15) is 36.5 Å². The molecule has 1 aliphatic heterocycles. The zero-order valence-corrected chi connectivity index (χ0v) is 20.6. The lowest BCUT2D eigenvalue weighted by Gasteiger charge is -2.28. The van der Waals surface area contributed by atoms with Gasteiger partial charge in [0.05, 0.1) is 24.3 Å². The highest BCUT2D eigenvalue weighted by Gasteiger charge is 2.63. The number of carbonyl (C=O) groups is 1. The minimum Gasteiger partial charge on any atom is -0.488 e. The van der Waals surface area contributed by atoms with Crippen LogP contribution in [0.5, 0.6) is 5.75 Å². The zero-order chi connectivity index (χ0) is 23.8. The summed E-state index contributed by atoms with van der Waals surface area (Å²) in [5, 5.41) is 23.8. The molecule has 0 bridgehead atoms. The van der Waals surface area contributed by atoms with E-state index in [9.17, 15) is 15.0 Å². The van der Waals surface area contributed by atoms with E-state index in [4.69, 9.17) is 21.1 Å². The van der Waals surface area contributed by atoms with Crippen molar-refractivity contribution in [3.05, 3.63) is 58.1 Å². The Bertz CT molecular complexity index is 1030. The minimum atomic E-state index is -0.809. The fourth-order valence-corrected chi connectivity index (χ4v) is 5.40. The number of hydrogen-bond acceptors (Lipinski definition) is 6. The van der Waals surface area contributed by atoms with E-state index in [0.717, 1.165) is 38.8 Å². The molecule has 1 saturated carbocycles. The number of para-hydroxylation sites is 1. The number of carboxylic acids is 1. The third-order valence-corrected chi connectivity index (χ3v) is 7.45. The van der Waals surface area contributed by atoms with Gasteiger partial charge in [-0.25, -0.2) is 0 Å². The molecule has 2 aromatic carbocycles. The Morgan fingerprint density at radius 3 is 2.82 bits per heavy atom. The smallest absolute Gasteiger partial charge is 0.311 e. The molecule has 0 unspecified atom stereocenters. The topological polar surface area (TPSA) is 88.0 Å². The Morgan fingerprint density at radius 1 is 1.33 bits per heavy atom. The fourth-order valence-electron chi connectivity index (χ4n) is 4.51. The van der Waals surface area contributed by atoms with E-state index in [1.165, 1.54) is 0 Å². The molecule has 0 spiro atoms. The van der Waals surface area contributed by atoms with Crippen LogP contribution in [-0.2, 0) is 22.6 Å². The third-order valence-electron chi connectivity index (χ3n) is 6.23. The van der Waals surface area contributed by atoms with Crippen molar-refractivity contribution in [2.45, 2.75) is 55.4 Å². The van der Waals surface area contributed by atoms with Gasteiger partial charge in [-0.05, 0) is 44.2 Å². The molecule has 178 valence electrons. The highest BCUT2D eigenvalue weighted by Crippen LogP contribution is 2.59. The minimum absolute atomic E-state index is 0.0544. The third kappa shape index (κ3) is 5.49. The summed E-state index contributed by atoms with van der Waals surface area (Å²) < 4.78 is 11.6. The Labute approximate surface area is 203 Å². The molecule has 8 heteroatoms. The summed E-state index contributed by atoms with van der Waals surface area (Å²) in [6, 6.07) is 11.9. The number of thioether (sulfide) groups is 1.